The topological polar surface area (TPSA) is 79.5 Å². The van der Waals surface area contributed by atoms with Gasteiger partial charge in [0.1, 0.15) is 5.75 Å². The first-order valence-electron chi connectivity index (χ1n) is 7.88. The van der Waals surface area contributed by atoms with Crippen LogP contribution in [0, 0.1) is 5.92 Å². The van der Waals surface area contributed by atoms with Gasteiger partial charge >= 0.3 is 0 Å². The zero-order valence-corrected chi connectivity index (χ0v) is 14.8. The molecule has 2 heterocycles. The number of nitrogens with one attached hydrogen (secondary N) is 3. The molecule has 24 heavy (non-hydrogen) atoms. The lowest BCUT2D eigenvalue weighted by molar-refractivity contribution is -0.119. The van der Waals surface area contributed by atoms with E-state index >= 15 is 0 Å². The summed E-state index contributed by atoms with van der Waals surface area (Å²) in [5, 5.41) is 9.21. The summed E-state index contributed by atoms with van der Waals surface area (Å²) in [5.74, 6) is 0.861. The van der Waals surface area contributed by atoms with Gasteiger partial charge < -0.3 is 20.7 Å². The largest absolute Gasteiger partial charge is 0.482 e. The van der Waals surface area contributed by atoms with Crippen LogP contribution in [0.1, 0.15) is 25.7 Å². The molecule has 0 aromatic heterocycles. The molecule has 0 bridgehead atoms. The number of benzene rings is 1. The Morgan fingerprint density at radius 3 is 2.83 bits per heavy atom. The summed E-state index contributed by atoms with van der Waals surface area (Å²) in [7, 11) is 0. The van der Waals surface area contributed by atoms with Crippen LogP contribution in [0.15, 0.2) is 12.1 Å². The standard InChI is InChI=1S/C16H20ClN3O3.ClH/c17-11-7-13-14(23-9-16(22)20-13)8-12(11)19-15(21)2-1-10-3-5-18-6-4-10;/h7-8,10,18H,1-6,9H2,(H,19,21)(H,20,22);1H. The van der Waals surface area contributed by atoms with Gasteiger partial charge in [0, 0.05) is 12.5 Å². The number of carbonyl (C=O) groups is 2. The minimum Gasteiger partial charge on any atom is -0.482 e. The van der Waals surface area contributed by atoms with Crippen LogP contribution in [-0.2, 0) is 9.59 Å². The van der Waals surface area contributed by atoms with Crippen molar-refractivity contribution in [3.05, 3.63) is 17.2 Å². The first kappa shape index (κ1) is 18.8. The van der Waals surface area contributed by atoms with Crippen LogP contribution >= 0.6 is 24.0 Å². The van der Waals surface area contributed by atoms with E-state index in [0.717, 1.165) is 32.4 Å². The van der Waals surface area contributed by atoms with Crippen molar-refractivity contribution in [1.29, 1.82) is 0 Å². The van der Waals surface area contributed by atoms with Gasteiger partial charge in [-0.2, -0.15) is 0 Å². The van der Waals surface area contributed by atoms with Gasteiger partial charge in [-0.3, -0.25) is 9.59 Å². The van der Waals surface area contributed by atoms with Crippen molar-refractivity contribution >= 4 is 47.2 Å². The lowest BCUT2D eigenvalue weighted by Crippen LogP contribution is -2.28. The fourth-order valence-corrected chi connectivity index (χ4v) is 3.13. The second kappa shape index (κ2) is 8.55. The van der Waals surface area contributed by atoms with Crippen LogP contribution in [0.3, 0.4) is 0 Å². The van der Waals surface area contributed by atoms with Crippen LogP contribution in [0.2, 0.25) is 5.02 Å². The van der Waals surface area contributed by atoms with E-state index < -0.39 is 0 Å². The Hall–Kier alpha value is -1.50. The molecule has 0 radical (unpaired) electrons. The normalized spacial score (nSPS) is 17.1. The number of rotatable bonds is 4. The maximum Gasteiger partial charge on any atom is 0.262 e. The van der Waals surface area contributed by atoms with Crippen molar-refractivity contribution in [3.63, 3.8) is 0 Å². The molecule has 6 nitrogen and oxygen atoms in total. The second-order valence-electron chi connectivity index (χ2n) is 5.95. The molecular weight excluding hydrogens is 353 g/mol. The minimum atomic E-state index is -0.215. The van der Waals surface area contributed by atoms with Crippen molar-refractivity contribution < 1.29 is 14.3 Å². The Labute approximate surface area is 152 Å². The number of piperidine rings is 1. The molecule has 0 saturated carbocycles. The van der Waals surface area contributed by atoms with E-state index in [1.807, 2.05) is 0 Å². The average molecular weight is 374 g/mol. The van der Waals surface area contributed by atoms with Crippen LogP contribution in [0.4, 0.5) is 11.4 Å². The van der Waals surface area contributed by atoms with Crippen molar-refractivity contribution in [1.82, 2.24) is 5.32 Å². The van der Waals surface area contributed by atoms with Gasteiger partial charge in [-0.25, -0.2) is 0 Å². The maximum absolute atomic E-state index is 12.1. The van der Waals surface area contributed by atoms with Crippen molar-refractivity contribution in [3.8, 4) is 5.75 Å². The summed E-state index contributed by atoms with van der Waals surface area (Å²) in [6.45, 7) is 2.04. The molecule has 1 fully saturated rings. The number of hydrogen-bond acceptors (Lipinski definition) is 4. The molecule has 0 spiro atoms. The number of hydrogen-bond donors (Lipinski definition) is 3. The van der Waals surface area contributed by atoms with Crippen LogP contribution in [-0.4, -0.2) is 31.5 Å². The third-order valence-corrected chi connectivity index (χ3v) is 4.53. The van der Waals surface area contributed by atoms with E-state index in [-0.39, 0.29) is 30.8 Å². The third kappa shape index (κ3) is 4.75. The summed E-state index contributed by atoms with van der Waals surface area (Å²) in [4.78, 5) is 23.4. The van der Waals surface area contributed by atoms with Gasteiger partial charge in [0.2, 0.25) is 5.91 Å². The molecular formula is C16H21Cl2N3O3. The molecule has 0 atom stereocenters. The summed E-state index contributed by atoms with van der Waals surface area (Å²) in [6.07, 6.45) is 3.62. The Bertz CT molecular complexity index is 619. The second-order valence-corrected chi connectivity index (χ2v) is 6.35. The van der Waals surface area contributed by atoms with Gasteiger partial charge in [0.05, 0.1) is 16.4 Å². The van der Waals surface area contributed by atoms with Crippen LogP contribution < -0.4 is 20.7 Å². The molecule has 3 N–H and O–H groups in total. The molecule has 1 aromatic carbocycles. The molecule has 1 saturated heterocycles. The first-order valence-corrected chi connectivity index (χ1v) is 8.26. The highest BCUT2D eigenvalue weighted by molar-refractivity contribution is 6.34. The fourth-order valence-electron chi connectivity index (χ4n) is 2.91. The zero-order chi connectivity index (χ0) is 16.2. The lowest BCUT2D eigenvalue weighted by atomic mass is 9.93. The summed E-state index contributed by atoms with van der Waals surface area (Å²) < 4.78 is 5.34. The predicted molar refractivity (Wildman–Crippen MR) is 96.3 cm³/mol. The van der Waals surface area contributed by atoms with Gasteiger partial charge in [-0.05, 0) is 44.3 Å². The molecule has 3 rings (SSSR count). The number of carbonyl (C=O) groups excluding carboxylic acids is 2. The number of anilines is 2. The number of halogens is 2. The molecule has 0 unspecified atom stereocenters. The Morgan fingerprint density at radius 1 is 1.33 bits per heavy atom. The minimum absolute atomic E-state index is 0. The highest BCUT2D eigenvalue weighted by Crippen LogP contribution is 2.36. The summed E-state index contributed by atoms with van der Waals surface area (Å²) in [5.41, 5.74) is 1.04. The van der Waals surface area contributed by atoms with Crippen molar-refractivity contribution in [2.45, 2.75) is 25.7 Å². The highest BCUT2D eigenvalue weighted by Gasteiger charge is 2.19. The molecule has 1 aromatic rings. The van der Waals surface area contributed by atoms with Crippen molar-refractivity contribution in [2.75, 3.05) is 30.3 Å². The van der Waals surface area contributed by atoms with E-state index in [1.165, 1.54) is 0 Å². The Balaban J connectivity index is 0.00000208. The molecule has 8 heteroatoms. The number of ether oxygens (including phenoxy) is 1. The Kier molecular flexibility index (Phi) is 6.71. The highest BCUT2D eigenvalue weighted by atomic mass is 35.5. The quantitative estimate of drug-likeness (QED) is 0.757. The Morgan fingerprint density at radius 2 is 2.08 bits per heavy atom. The van der Waals surface area contributed by atoms with Gasteiger partial charge in [-0.15, -0.1) is 12.4 Å². The number of amides is 2. The van der Waals surface area contributed by atoms with E-state index in [0.29, 0.717) is 34.5 Å². The summed E-state index contributed by atoms with van der Waals surface area (Å²) in [6, 6.07) is 3.25. The SMILES string of the molecule is Cl.O=C(CCC1CCNCC1)Nc1cc2c(cc1Cl)NC(=O)CO2. The van der Waals surface area contributed by atoms with Crippen LogP contribution in [0.25, 0.3) is 0 Å². The van der Waals surface area contributed by atoms with Crippen LogP contribution in [0.5, 0.6) is 5.75 Å². The molecule has 132 valence electrons. The predicted octanol–water partition coefficient (Wildman–Crippen LogP) is 2.81. The molecule has 2 amide bonds. The van der Waals surface area contributed by atoms with E-state index in [4.69, 9.17) is 16.3 Å². The molecule has 2 aliphatic rings. The van der Waals surface area contributed by atoms with E-state index in [9.17, 15) is 9.59 Å². The summed E-state index contributed by atoms with van der Waals surface area (Å²) >= 11 is 6.17. The zero-order valence-electron chi connectivity index (χ0n) is 13.2. The van der Waals surface area contributed by atoms with E-state index in [1.54, 1.807) is 12.1 Å². The average Bonchev–Trinajstić information content (AvgIpc) is 2.55. The van der Waals surface area contributed by atoms with E-state index in [2.05, 4.69) is 16.0 Å². The third-order valence-electron chi connectivity index (χ3n) is 4.21. The monoisotopic (exact) mass is 373 g/mol. The van der Waals surface area contributed by atoms with Gasteiger partial charge in [0.25, 0.3) is 5.91 Å². The fraction of sp³-hybridized carbons (Fsp3) is 0.500. The van der Waals surface area contributed by atoms with Gasteiger partial charge in [0.15, 0.2) is 6.61 Å². The maximum atomic E-state index is 12.1. The first-order chi connectivity index (χ1) is 11.1. The van der Waals surface area contributed by atoms with Crippen molar-refractivity contribution in [2.24, 2.45) is 5.92 Å². The lowest BCUT2D eigenvalue weighted by Gasteiger charge is -2.22. The molecule has 2 aliphatic heterocycles. The molecule has 0 aliphatic carbocycles. The van der Waals surface area contributed by atoms with Gasteiger partial charge in [-0.1, -0.05) is 11.6 Å². The smallest absolute Gasteiger partial charge is 0.262 e. The number of fused-ring (bicyclic) bond motifs is 1.